The lowest BCUT2D eigenvalue weighted by Crippen LogP contribution is -2.36. The summed E-state index contributed by atoms with van der Waals surface area (Å²) in [6.45, 7) is 5.76. The van der Waals surface area contributed by atoms with Crippen LogP contribution in [0.15, 0.2) is 22.7 Å². The van der Waals surface area contributed by atoms with Gasteiger partial charge in [0.2, 0.25) is 0 Å². The Balaban J connectivity index is 1.99. The van der Waals surface area contributed by atoms with Crippen molar-refractivity contribution in [1.29, 1.82) is 0 Å². The molecule has 1 fully saturated rings. The molecule has 0 amide bonds. The highest BCUT2D eigenvalue weighted by Gasteiger charge is 2.28. The van der Waals surface area contributed by atoms with E-state index in [2.05, 4.69) is 53.9 Å². The maximum Gasteiger partial charge on any atom is 0.119 e. The molecule has 1 aromatic carbocycles. The van der Waals surface area contributed by atoms with E-state index < -0.39 is 0 Å². The van der Waals surface area contributed by atoms with Crippen molar-refractivity contribution in [1.82, 2.24) is 4.90 Å². The van der Waals surface area contributed by atoms with Crippen LogP contribution in [0.1, 0.15) is 45.1 Å². The van der Waals surface area contributed by atoms with Crippen LogP contribution in [0.4, 0.5) is 0 Å². The summed E-state index contributed by atoms with van der Waals surface area (Å²) < 4.78 is 6.49. The van der Waals surface area contributed by atoms with Gasteiger partial charge < -0.3 is 4.74 Å². The van der Waals surface area contributed by atoms with E-state index in [0.29, 0.717) is 11.5 Å². The minimum Gasteiger partial charge on any atom is -0.497 e. The molecule has 0 aromatic heterocycles. The topological polar surface area (TPSA) is 12.5 Å². The largest absolute Gasteiger partial charge is 0.497 e. The third-order valence-electron chi connectivity index (χ3n) is 4.60. The zero-order valence-electron chi connectivity index (χ0n) is 13.1. The molecule has 0 heterocycles. The average molecular weight is 340 g/mol. The van der Waals surface area contributed by atoms with Crippen molar-refractivity contribution in [3.05, 3.63) is 28.2 Å². The lowest BCUT2D eigenvalue weighted by molar-refractivity contribution is 0.123. The maximum absolute atomic E-state index is 5.32. The summed E-state index contributed by atoms with van der Waals surface area (Å²) in [4.78, 5) is 2.49. The molecule has 0 N–H and O–H groups in total. The second-order valence-electron chi connectivity index (χ2n) is 6.77. The number of nitrogens with zero attached hydrogens (tertiary/aromatic N) is 1. The number of halogens is 1. The Kier molecular flexibility index (Phi) is 5.14. The standard InChI is InChI=1S/C17H26BrNO/c1-17(2)9-7-14(8-10-17)19(3)12-13-11-15(20-4)5-6-16(13)18/h5-6,11,14H,7-10,12H2,1-4H3. The average Bonchev–Trinajstić information content (AvgIpc) is 2.41. The summed E-state index contributed by atoms with van der Waals surface area (Å²) in [7, 11) is 3.97. The quantitative estimate of drug-likeness (QED) is 0.776. The number of ether oxygens (including phenoxy) is 1. The molecule has 0 spiro atoms. The van der Waals surface area contributed by atoms with Crippen LogP contribution in [0, 0.1) is 5.41 Å². The lowest BCUT2D eigenvalue weighted by Gasteiger charge is -2.38. The van der Waals surface area contributed by atoms with Gasteiger partial charge in [0.25, 0.3) is 0 Å². The molecule has 3 heteroatoms. The molecule has 2 nitrogen and oxygen atoms in total. The van der Waals surface area contributed by atoms with Crippen LogP contribution in [0.25, 0.3) is 0 Å². The molecule has 0 bridgehead atoms. The summed E-state index contributed by atoms with van der Waals surface area (Å²) in [5.41, 5.74) is 1.84. The fourth-order valence-corrected chi connectivity index (χ4v) is 3.39. The molecule has 112 valence electrons. The zero-order chi connectivity index (χ0) is 14.8. The molecule has 20 heavy (non-hydrogen) atoms. The highest BCUT2D eigenvalue weighted by molar-refractivity contribution is 9.10. The predicted octanol–water partition coefficient (Wildman–Crippen LogP) is 4.86. The van der Waals surface area contributed by atoms with Crippen LogP contribution in [-0.4, -0.2) is 25.1 Å². The van der Waals surface area contributed by atoms with Crippen molar-refractivity contribution < 1.29 is 4.74 Å². The molecule has 2 rings (SSSR count). The van der Waals surface area contributed by atoms with Gasteiger partial charge in [-0.2, -0.15) is 0 Å². The van der Waals surface area contributed by atoms with Gasteiger partial charge in [0.15, 0.2) is 0 Å². The number of hydrogen-bond acceptors (Lipinski definition) is 2. The van der Waals surface area contributed by atoms with Crippen molar-refractivity contribution in [3.63, 3.8) is 0 Å². The molecular formula is C17H26BrNO. The molecule has 0 aliphatic heterocycles. The monoisotopic (exact) mass is 339 g/mol. The van der Waals surface area contributed by atoms with Crippen LogP contribution in [-0.2, 0) is 6.54 Å². The van der Waals surface area contributed by atoms with Gasteiger partial charge in [0, 0.05) is 17.1 Å². The first-order valence-electron chi connectivity index (χ1n) is 7.44. The van der Waals surface area contributed by atoms with E-state index in [0.717, 1.165) is 12.3 Å². The van der Waals surface area contributed by atoms with Gasteiger partial charge in [0.05, 0.1) is 7.11 Å². The van der Waals surface area contributed by atoms with Crippen LogP contribution in [0.3, 0.4) is 0 Å². The Morgan fingerprint density at radius 2 is 1.95 bits per heavy atom. The third-order valence-corrected chi connectivity index (χ3v) is 5.38. The van der Waals surface area contributed by atoms with E-state index in [4.69, 9.17) is 4.74 Å². The Labute approximate surface area is 131 Å². The fraction of sp³-hybridized carbons (Fsp3) is 0.647. The SMILES string of the molecule is COc1ccc(Br)c(CN(C)C2CCC(C)(C)CC2)c1. The van der Waals surface area contributed by atoms with E-state index in [1.807, 2.05) is 6.07 Å². The predicted molar refractivity (Wildman–Crippen MR) is 88.2 cm³/mol. The van der Waals surface area contributed by atoms with Crippen LogP contribution in [0.2, 0.25) is 0 Å². The first-order valence-corrected chi connectivity index (χ1v) is 8.23. The van der Waals surface area contributed by atoms with Gasteiger partial charge >= 0.3 is 0 Å². The first kappa shape index (κ1) is 15.8. The molecule has 0 saturated heterocycles. The van der Waals surface area contributed by atoms with Gasteiger partial charge in [0.1, 0.15) is 5.75 Å². The Morgan fingerprint density at radius 1 is 1.30 bits per heavy atom. The molecule has 1 aliphatic rings. The number of methoxy groups -OCH3 is 1. The molecule has 1 saturated carbocycles. The van der Waals surface area contributed by atoms with Crippen molar-refractivity contribution in [2.75, 3.05) is 14.2 Å². The highest BCUT2D eigenvalue weighted by atomic mass is 79.9. The van der Waals surface area contributed by atoms with Gasteiger partial charge in [-0.15, -0.1) is 0 Å². The van der Waals surface area contributed by atoms with Crippen molar-refractivity contribution >= 4 is 15.9 Å². The lowest BCUT2D eigenvalue weighted by atomic mass is 9.75. The molecule has 1 aromatic rings. The van der Waals surface area contributed by atoms with E-state index >= 15 is 0 Å². The van der Waals surface area contributed by atoms with Gasteiger partial charge in [-0.1, -0.05) is 29.8 Å². The number of benzene rings is 1. The maximum atomic E-state index is 5.32. The zero-order valence-corrected chi connectivity index (χ0v) is 14.7. The number of rotatable bonds is 4. The van der Waals surface area contributed by atoms with Gasteiger partial charge in [-0.3, -0.25) is 4.90 Å². The third kappa shape index (κ3) is 3.98. The highest BCUT2D eigenvalue weighted by Crippen LogP contribution is 2.37. The Bertz CT molecular complexity index is 448. The summed E-state index contributed by atoms with van der Waals surface area (Å²) >= 11 is 3.65. The van der Waals surface area contributed by atoms with Crippen molar-refractivity contribution in [2.45, 2.75) is 52.1 Å². The minimum absolute atomic E-state index is 0.536. The second kappa shape index (κ2) is 6.48. The molecular weight excluding hydrogens is 314 g/mol. The van der Waals surface area contributed by atoms with Crippen LogP contribution in [0.5, 0.6) is 5.75 Å². The summed E-state index contributed by atoms with van der Waals surface area (Å²) in [6, 6.07) is 6.91. The van der Waals surface area contributed by atoms with E-state index in [1.54, 1.807) is 7.11 Å². The molecule has 0 unspecified atom stereocenters. The molecule has 0 radical (unpaired) electrons. The van der Waals surface area contributed by atoms with Crippen molar-refractivity contribution in [3.8, 4) is 5.75 Å². The van der Waals surface area contributed by atoms with Gasteiger partial charge in [-0.05, 0) is 61.9 Å². The Hall–Kier alpha value is -0.540. The summed E-state index contributed by atoms with van der Waals surface area (Å²) in [5, 5.41) is 0. The smallest absolute Gasteiger partial charge is 0.119 e. The van der Waals surface area contributed by atoms with E-state index in [1.165, 1.54) is 35.7 Å². The summed E-state index contributed by atoms with van der Waals surface area (Å²) in [6.07, 6.45) is 5.29. The molecule has 0 atom stereocenters. The van der Waals surface area contributed by atoms with Gasteiger partial charge in [-0.25, -0.2) is 0 Å². The fourth-order valence-electron chi connectivity index (χ4n) is 3.02. The number of hydrogen-bond donors (Lipinski definition) is 0. The summed E-state index contributed by atoms with van der Waals surface area (Å²) in [5.74, 6) is 0.932. The normalized spacial score (nSPS) is 19.3. The van der Waals surface area contributed by atoms with Crippen LogP contribution < -0.4 is 4.74 Å². The van der Waals surface area contributed by atoms with Crippen molar-refractivity contribution in [2.24, 2.45) is 5.41 Å². The van der Waals surface area contributed by atoms with E-state index in [-0.39, 0.29) is 0 Å². The van der Waals surface area contributed by atoms with E-state index in [9.17, 15) is 0 Å². The Morgan fingerprint density at radius 3 is 2.55 bits per heavy atom. The second-order valence-corrected chi connectivity index (χ2v) is 7.62. The van der Waals surface area contributed by atoms with Crippen LogP contribution >= 0.6 is 15.9 Å². The minimum atomic E-state index is 0.536. The first-order chi connectivity index (χ1) is 9.41. The molecule has 1 aliphatic carbocycles.